The number of hydrogen-bond acceptors (Lipinski definition) is 6. The first-order chi connectivity index (χ1) is 15.5. The van der Waals surface area contributed by atoms with Crippen molar-refractivity contribution in [2.75, 3.05) is 13.7 Å². The predicted molar refractivity (Wildman–Crippen MR) is 118 cm³/mol. The maximum absolute atomic E-state index is 13.4. The molecule has 0 fully saturated rings. The van der Waals surface area contributed by atoms with Crippen molar-refractivity contribution in [2.45, 2.75) is 19.6 Å². The van der Waals surface area contributed by atoms with Gasteiger partial charge >= 0.3 is 5.69 Å². The quantitative estimate of drug-likeness (QED) is 0.309. The maximum Gasteiger partial charge on any atom is 0.333 e. The lowest BCUT2D eigenvalue weighted by Crippen LogP contribution is -2.41. The molecule has 2 aromatic carbocycles. The number of imidazole rings is 1. The molecule has 10 nitrogen and oxygen atoms in total. The molecule has 32 heavy (non-hydrogen) atoms. The Morgan fingerprint density at radius 1 is 0.969 bits per heavy atom. The summed E-state index contributed by atoms with van der Waals surface area (Å²) in [5.74, 6) is 0. The average Bonchev–Trinajstić information content (AvgIpc) is 3.23. The highest BCUT2D eigenvalue weighted by Gasteiger charge is 2.19. The van der Waals surface area contributed by atoms with Crippen LogP contribution in [-0.2, 0) is 24.4 Å². The van der Waals surface area contributed by atoms with E-state index in [0.29, 0.717) is 29.9 Å². The van der Waals surface area contributed by atoms with Gasteiger partial charge in [0.15, 0.2) is 11.2 Å². The average molecular weight is 435 g/mol. The van der Waals surface area contributed by atoms with E-state index in [-0.39, 0.29) is 18.8 Å². The minimum Gasteiger partial charge on any atom is -0.383 e. The standard InChI is InChI=1S/C22H21N5O5/c1-32-12-11-24-15-23-20-19(24)21(28)26(14-17-7-9-18(10-8-17)27(30)31)22(29)25(20)13-16-5-3-2-4-6-16/h2-10,15H,11-14H2,1H3. The van der Waals surface area contributed by atoms with Crippen LogP contribution in [0.3, 0.4) is 0 Å². The van der Waals surface area contributed by atoms with Crippen LogP contribution < -0.4 is 11.2 Å². The Kier molecular flexibility index (Phi) is 5.95. The zero-order valence-corrected chi connectivity index (χ0v) is 17.4. The summed E-state index contributed by atoms with van der Waals surface area (Å²) in [6.07, 6.45) is 1.53. The molecule has 10 heteroatoms. The highest BCUT2D eigenvalue weighted by Crippen LogP contribution is 2.14. The molecule has 0 bridgehead atoms. The minimum atomic E-state index is -0.498. The third-order valence-corrected chi connectivity index (χ3v) is 5.19. The van der Waals surface area contributed by atoms with Crippen LogP contribution in [0, 0.1) is 10.1 Å². The summed E-state index contributed by atoms with van der Waals surface area (Å²) in [6, 6.07) is 15.2. The molecule has 2 aromatic heterocycles. The van der Waals surface area contributed by atoms with Crippen molar-refractivity contribution in [3.63, 3.8) is 0 Å². The van der Waals surface area contributed by atoms with E-state index in [4.69, 9.17) is 4.74 Å². The van der Waals surface area contributed by atoms with Gasteiger partial charge in [-0.25, -0.2) is 9.78 Å². The molecule has 0 unspecified atom stereocenters. The molecular weight excluding hydrogens is 414 g/mol. The molecule has 0 saturated heterocycles. The van der Waals surface area contributed by atoms with Crippen molar-refractivity contribution < 1.29 is 9.66 Å². The Balaban J connectivity index is 1.86. The van der Waals surface area contributed by atoms with Gasteiger partial charge in [0.25, 0.3) is 11.2 Å². The van der Waals surface area contributed by atoms with Crippen molar-refractivity contribution in [1.29, 1.82) is 0 Å². The van der Waals surface area contributed by atoms with E-state index < -0.39 is 16.2 Å². The van der Waals surface area contributed by atoms with Gasteiger partial charge < -0.3 is 9.30 Å². The highest BCUT2D eigenvalue weighted by molar-refractivity contribution is 5.70. The van der Waals surface area contributed by atoms with Crippen molar-refractivity contribution >= 4 is 16.9 Å². The number of ether oxygens (including phenoxy) is 1. The molecule has 0 aliphatic rings. The molecule has 0 N–H and O–H groups in total. The number of nitro benzene ring substituents is 1. The van der Waals surface area contributed by atoms with E-state index in [2.05, 4.69) is 4.98 Å². The lowest BCUT2D eigenvalue weighted by molar-refractivity contribution is -0.384. The number of aromatic nitrogens is 4. The van der Waals surface area contributed by atoms with Crippen LogP contribution in [0.15, 0.2) is 70.5 Å². The predicted octanol–water partition coefficient (Wildman–Crippen LogP) is 2.01. The fourth-order valence-corrected chi connectivity index (χ4v) is 3.55. The molecule has 2 heterocycles. The van der Waals surface area contributed by atoms with E-state index in [1.807, 2.05) is 30.3 Å². The Morgan fingerprint density at radius 3 is 2.28 bits per heavy atom. The highest BCUT2D eigenvalue weighted by atomic mass is 16.6. The zero-order valence-electron chi connectivity index (χ0n) is 17.4. The molecule has 0 aliphatic carbocycles. The van der Waals surface area contributed by atoms with Crippen LogP contribution in [0.2, 0.25) is 0 Å². The Labute approximate surface area is 182 Å². The van der Waals surface area contributed by atoms with Gasteiger partial charge in [-0.2, -0.15) is 0 Å². The lowest BCUT2D eigenvalue weighted by atomic mass is 10.2. The van der Waals surface area contributed by atoms with Crippen molar-refractivity contribution in [2.24, 2.45) is 0 Å². The number of methoxy groups -OCH3 is 1. The van der Waals surface area contributed by atoms with E-state index in [9.17, 15) is 19.7 Å². The number of non-ortho nitro benzene ring substituents is 1. The smallest absolute Gasteiger partial charge is 0.333 e. The summed E-state index contributed by atoms with van der Waals surface area (Å²) in [5.41, 5.74) is 1.07. The van der Waals surface area contributed by atoms with Gasteiger partial charge in [0.2, 0.25) is 0 Å². The summed E-state index contributed by atoms with van der Waals surface area (Å²) in [7, 11) is 1.57. The van der Waals surface area contributed by atoms with E-state index in [1.165, 1.54) is 35.2 Å². The third-order valence-electron chi connectivity index (χ3n) is 5.19. The van der Waals surface area contributed by atoms with Crippen molar-refractivity contribution in [1.82, 2.24) is 18.7 Å². The summed E-state index contributed by atoms with van der Waals surface area (Å²) in [5, 5.41) is 10.9. The van der Waals surface area contributed by atoms with E-state index >= 15 is 0 Å². The minimum absolute atomic E-state index is 0.0180. The molecule has 0 spiro atoms. The van der Waals surface area contributed by atoms with Gasteiger partial charge in [0.05, 0.1) is 30.9 Å². The Bertz CT molecular complexity index is 1370. The van der Waals surface area contributed by atoms with E-state index in [1.54, 1.807) is 11.7 Å². The first kappa shape index (κ1) is 21.2. The number of nitro groups is 1. The number of nitrogens with zero attached hydrogens (tertiary/aromatic N) is 5. The van der Waals surface area contributed by atoms with Gasteiger partial charge in [-0.1, -0.05) is 42.5 Å². The van der Waals surface area contributed by atoms with Gasteiger partial charge in [-0.15, -0.1) is 0 Å². The maximum atomic E-state index is 13.4. The van der Waals surface area contributed by atoms with Gasteiger partial charge in [0, 0.05) is 25.8 Å². The molecular formula is C22H21N5O5. The number of fused-ring (bicyclic) bond motifs is 1. The van der Waals surface area contributed by atoms with Crippen LogP contribution in [-0.4, -0.2) is 37.3 Å². The summed E-state index contributed by atoms with van der Waals surface area (Å²) in [6.45, 7) is 1.02. The molecule has 0 saturated carbocycles. The van der Waals surface area contributed by atoms with Crippen molar-refractivity contribution in [3.05, 3.63) is 103 Å². The van der Waals surface area contributed by atoms with Gasteiger partial charge in [-0.05, 0) is 11.1 Å². The zero-order chi connectivity index (χ0) is 22.7. The number of benzene rings is 2. The first-order valence-corrected chi connectivity index (χ1v) is 9.94. The largest absolute Gasteiger partial charge is 0.383 e. The summed E-state index contributed by atoms with van der Waals surface area (Å²) >= 11 is 0. The molecule has 0 radical (unpaired) electrons. The SMILES string of the molecule is COCCn1cnc2c1c(=O)n(Cc1ccc([N+](=O)[O-])cc1)c(=O)n2Cc1ccccc1. The van der Waals surface area contributed by atoms with Crippen LogP contribution in [0.4, 0.5) is 5.69 Å². The summed E-state index contributed by atoms with van der Waals surface area (Å²) < 4.78 is 9.41. The van der Waals surface area contributed by atoms with Crippen LogP contribution in [0.5, 0.6) is 0 Å². The molecule has 0 aliphatic heterocycles. The topological polar surface area (TPSA) is 114 Å². The lowest BCUT2D eigenvalue weighted by Gasteiger charge is -2.13. The fourth-order valence-electron chi connectivity index (χ4n) is 3.55. The van der Waals surface area contributed by atoms with Crippen LogP contribution >= 0.6 is 0 Å². The second kappa shape index (κ2) is 8.98. The molecule has 0 atom stereocenters. The van der Waals surface area contributed by atoms with Crippen molar-refractivity contribution in [3.8, 4) is 0 Å². The first-order valence-electron chi connectivity index (χ1n) is 9.94. The Morgan fingerprint density at radius 2 is 1.62 bits per heavy atom. The molecule has 0 amide bonds. The molecule has 4 rings (SSSR count). The van der Waals surface area contributed by atoms with Crippen LogP contribution in [0.1, 0.15) is 11.1 Å². The van der Waals surface area contributed by atoms with Crippen LogP contribution in [0.25, 0.3) is 11.2 Å². The Hall–Kier alpha value is -4.05. The second-order valence-corrected chi connectivity index (χ2v) is 7.27. The fraction of sp³-hybridized carbons (Fsp3) is 0.227. The molecule has 164 valence electrons. The van der Waals surface area contributed by atoms with Gasteiger partial charge in [0.1, 0.15) is 0 Å². The second-order valence-electron chi connectivity index (χ2n) is 7.27. The normalized spacial score (nSPS) is 11.2. The number of rotatable bonds is 8. The third kappa shape index (κ3) is 4.08. The summed E-state index contributed by atoms with van der Waals surface area (Å²) in [4.78, 5) is 41.4. The van der Waals surface area contributed by atoms with Gasteiger partial charge in [-0.3, -0.25) is 24.0 Å². The van der Waals surface area contributed by atoms with E-state index in [0.717, 1.165) is 10.1 Å². The monoisotopic (exact) mass is 435 g/mol. The molecule has 4 aromatic rings. The number of hydrogen-bond donors (Lipinski definition) is 0.